The summed E-state index contributed by atoms with van der Waals surface area (Å²) in [4.78, 5) is 24.2. The van der Waals surface area contributed by atoms with Crippen LogP contribution >= 0.6 is 0 Å². The van der Waals surface area contributed by atoms with Crippen LogP contribution in [0.3, 0.4) is 0 Å². The summed E-state index contributed by atoms with van der Waals surface area (Å²) in [5, 5.41) is 0. The molecule has 2 aromatic carbocycles. The maximum atomic E-state index is 12.1. The predicted octanol–water partition coefficient (Wildman–Crippen LogP) is 4.51. The quantitative estimate of drug-likeness (QED) is 0.601. The van der Waals surface area contributed by atoms with E-state index in [0.29, 0.717) is 22.3 Å². The fourth-order valence-electron chi connectivity index (χ4n) is 2.05. The zero-order chi connectivity index (χ0) is 15.1. The van der Waals surface area contributed by atoms with Crippen LogP contribution in [0, 0.1) is 0 Å². The molecule has 0 fully saturated rings. The first kappa shape index (κ1) is 15.8. The first-order valence-corrected chi connectivity index (χ1v) is 7.06. The van der Waals surface area contributed by atoms with Gasteiger partial charge in [-0.2, -0.15) is 0 Å². The SMILES string of the molecule is CC.CC.O=C1c2ccccc2C(=O)c2ccccc21. The van der Waals surface area contributed by atoms with E-state index in [2.05, 4.69) is 0 Å². The van der Waals surface area contributed by atoms with Gasteiger partial charge in [0.25, 0.3) is 0 Å². The van der Waals surface area contributed by atoms with Gasteiger partial charge in [-0.3, -0.25) is 9.59 Å². The van der Waals surface area contributed by atoms with Gasteiger partial charge in [0.15, 0.2) is 11.6 Å². The summed E-state index contributed by atoms with van der Waals surface area (Å²) in [5.74, 6) is -0.128. The Bertz CT molecular complexity index is 507. The van der Waals surface area contributed by atoms with Crippen LogP contribution in [0.5, 0.6) is 0 Å². The van der Waals surface area contributed by atoms with Crippen molar-refractivity contribution in [2.75, 3.05) is 0 Å². The van der Waals surface area contributed by atoms with Crippen molar-refractivity contribution in [2.24, 2.45) is 0 Å². The lowest BCUT2D eigenvalue weighted by atomic mass is 9.84. The summed E-state index contributed by atoms with van der Waals surface area (Å²) in [6.45, 7) is 8.00. The molecule has 0 bridgehead atoms. The summed E-state index contributed by atoms with van der Waals surface area (Å²) in [5.41, 5.74) is 2.02. The van der Waals surface area contributed by atoms with Gasteiger partial charge in [0, 0.05) is 22.3 Å². The first-order valence-electron chi connectivity index (χ1n) is 7.06. The highest BCUT2D eigenvalue weighted by atomic mass is 16.1. The standard InChI is InChI=1S/C14H8O2.2C2H6/c15-13-9-5-1-2-6-10(9)14(16)12-8-4-3-7-11(12)13;2*1-2/h1-8H;2*1-2H3. The molecule has 0 heterocycles. The fourth-order valence-corrected chi connectivity index (χ4v) is 2.05. The maximum Gasteiger partial charge on any atom is 0.194 e. The third-order valence-electron chi connectivity index (χ3n) is 2.83. The zero-order valence-electron chi connectivity index (χ0n) is 12.4. The molecule has 0 spiro atoms. The van der Waals surface area contributed by atoms with Crippen molar-refractivity contribution in [3.63, 3.8) is 0 Å². The number of rotatable bonds is 0. The van der Waals surface area contributed by atoms with Crippen molar-refractivity contribution in [1.29, 1.82) is 0 Å². The summed E-state index contributed by atoms with van der Waals surface area (Å²) < 4.78 is 0. The van der Waals surface area contributed by atoms with E-state index < -0.39 is 0 Å². The Balaban J connectivity index is 0.000000461. The van der Waals surface area contributed by atoms with Crippen LogP contribution in [0.1, 0.15) is 59.5 Å². The average Bonchev–Trinajstić information content (AvgIpc) is 2.56. The molecule has 0 N–H and O–H groups in total. The Morgan fingerprint density at radius 1 is 0.500 bits per heavy atom. The molecule has 2 nitrogen and oxygen atoms in total. The van der Waals surface area contributed by atoms with E-state index in [0.717, 1.165) is 0 Å². The van der Waals surface area contributed by atoms with Crippen LogP contribution in [0.25, 0.3) is 0 Å². The van der Waals surface area contributed by atoms with Crippen molar-refractivity contribution in [3.8, 4) is 0 Å². The molecule has 0 unspecified atom stereocenters. The highest BCUT2D eigenvalue weighted by molar-refractivity contribution is 6.28. The normalized spacial score (nSPS) is 11.2. The van der Waals surface area contributed by atoms with E-state index in [1.807, 2.05) is 27.7 Å². The monoisotopic (exact) mass is 268 g/mol. The minimum Gasteiger partial charge on any atom is -0.289 e. The lowest BCUT2D eigenvalue weighted by Gasteiger charge is -2.16. The number of hydrogen-bond donors (Lipinski definition) is 0. The smallest absolute Gasteiger partial charge is 0.194 e. The zero-order valence-corrected chi connectivity index (χ0v) is 12.4. The van der Waals surface area contributed by atoms with E-state index in [1.165, 1.54) is 0 Å². The second-order valence-electron chi connectivity index (χ2n) is 3.75. The van der Waals surface area contributed by atoms with Crippen LogP contribution < -0.4 is 0 Å². The molecular formula is C18H20O2. The van der Waals surface area contributed by atoms with Crippen LogP contribution in [0.15, 0.2) is 48.5 Å². The third-order valence-corrected chi connectivity index (χ3v) is 2.83. The van der Waals surface area contributed by atoms with E-state index in [1.54, 1.807) is 48.5 Å². The summed E-state index contributed by atoms with van der Waals surface area (Å²) in [6.07, 6.45) is 0. The Labute approximate surface area is 120 Å². The van der Waals surface area contributed by atoms with Crippen LogP contribution in [-0.4, -0.2) is 11.6 Å². The molecule has 0 aliphatic heterocycles. The van der Waals surface area contributed by atoms with E-state index in [9.17, 15) is 9.59 Å². The maximum absolute atomic E-state index is 12.1. The number of carbonyl (C=O) groups is 2. The largest absolute Gasteiger partial charge is 0.289 e. The molecule has 0 aromatic heterocycles. The summed E-state index contributed by atoms with van der Waals surface area (Å²) >= 11 is 0. The second-order valence-corrected chi connectivity index (χ2v) is 3.75. The van der Waals surface area contributed by atoms with Crippen LogP contribution in [0.4, 0.5) is 0 Å². The highest BCUT2D eigenvalue weighted by Gasteiger charge is 2.28. The van der Waals surface area contributed by atoms with Gasteiger partial charge in [-0.25, -0.2) is 0 Å². The van der Waals surface area contributed by atoms with Gasteiger partial charge in [0.05, 0.1) is 0 Å². The molecule has 3 rings (SSSR count). The van der Waals surface area contributed by atoms with Gasteiger partial charge in [-0.1, -0.05) is 76.2 Å². The number of hydrogen-bond acceptors (Lipinski definition) is 2. The molecule has 1 aliphatic carbocycles. The third kappa shape index (κ3) is 2.69. The molecule has 0 atom stereocenters. The number of fused-ring (bicyclic) bond motifs is 2. The molecule has 2 heteroatoms. The van der Waals surface area contributed by atoms with E-state index in [4.69, 9.17) is 0 Å². The molecule has 104 valence electrons. The van der Waals surface area contributed by atoms with Gasteiger partial charge < -0.3 is 0 Å². The van der Waals surface area contributed by atoms with Gasteiger partial charge in [-0.05, 0) is 0 Å². The van der Waals surface area contributed by atoms with Crippen LogP contribution in [0.2, 0.25) is 0 Å². The Hall–Kier alpha value is -2.22. The molecule has 1 aliphatic rings. The van der Waals surface area contributed by atoms with Gasteiger partial charge >= 0.3 is 0 Å². The molecule has 0 radical (unpaired) electrons. The number of carbonyl (C=O) groups excluding carboxylic acids is 2. The molecule has 0 saturated carbocycles. The molecular weight excluding hydrogens is 248 g/mol. The molecule has 2 aromatic rings. The van der Waals surface area contributed by atoms with Gasteiger partial charge in [0.1, 0.15) is 0 Å². The van der Waals surface area contributed by atoms with Crippen molar-refractivity contribution >= 4 is 11.6 Å². The van der Waals surface area contributed by atoms with E-state index in [-0.39, 0.29) is 11.6 Å². The fraction of sp³-hybridized carbons (Fsp3) is 0.222. The van der Waals surface area contributed by atoms with Crippen molar-refractivity contribution in [2.45, 2.75) is 27.7 Å². The topological polar surface area (TPSA) is 34.1 Å². The second kappa shape index (κ2) is 7.39. The van der Waals surface area contributed by atoms with Gasteiger partial charge in [-0.15, -0.1) is 0 Å². The van der Waals surface area contributed by atoms with E-state index >= 15 is 0 Å². The van der Waals surface area contributed by atoms with Crippen molar-refractivity contribution in [3.05, 3.63) is 70.8 Å². The van der Waals surface area contributed by atoms with Crippen molar-refractivity contribution < 1.29 is 9.59 Å². The summed E-state index contributed by atoms with van der Waals surface area (Å²) in [7, 11) is 0. The first-order chi connectivity index (χ1) is 9.79. The minimum absolute atomic E-state index is 0.0641. The Morgan fingerprint density at radius 2 is 0.700 bits per heavy atom. The molecule has 0 saturated heterocycles. The van der Waals surface area contributed by atoms with Gasteiger partial charge in [0.2, 0.25) is 0 Å². The molecule has 20 heavy (non-hydrogen) atoms. The Kier molecular flexibility index (Phi) is 5.85. The minimum atomic E-state index is -0.0641. The average molecular weight is 268 g/mol. The van der Waals surface area contributed by atoms with Crippen LogP contribution in [-0.2, 0) is 0 Å². The lowest BCUT2D eigenvalue weighted by Crippen LogP contribution is -2.20. The lowest BCUT2D eigenvalue weighted by molar-refractivity contribution is 0.0979. The number of benzene rings is 2. The predicted molar refractivity (Wildman–Crippen MR) is 82.4 cm³/mol. The summed E-state index contributed by atoms with van der Waals surface area (Å²) in [6, 6.07) is 13.9. The number of ketones is 2. The van der Waals surface area contributed by atoms with Crippen molar-refractivity contribution in [1.82, 2.24) is 0 Å². The molecule has 0 amide bonds. The highest BCUT2D eigenvalue weighted by Crippen LogP contribution is 2.26. The Morgan fingerprint density at radius 3 is 0.900 bits per heavy atom.